The molecule has 4 N–H and O–H groups in total. The van der Waals surface area contributed by atoms with Crippen LogP contribution in [0, 0.1) is 83.1 Å². The van der Waals surface area contributed by atoms with E-state index in [9.17, 15) is 0 Å². The van der Waals surface area contributed by atoms with Crippen LogP contribution in [0.1, 0.15) is 225 Å². The Kier molecular flexibility index (Phi) is 16.7. The molecule has 0 saturated heterocycles. The predicted molar refractivity (Wildman–Crippen MR) is 495 cm³/mol. The van der Waals surface area contributed by atoms with Gasteiger partial charge in [0.1, 0.15) is 54.6 Å². The standard InChI is InChI=1S/C108H112N4O2/c1-51-31-55(5)79(56(6)32-51)87-71-45-69(107(25,26)27)47-73-85(71)91-95-75(87)49-77(109-95)83(63-39-65(103(13,14)15)43-66(40-63)104(16,17)18)99-102(114)94-90(82-61(11)37-54(4)38-62(82)12)74-48-70(108(28,29)30)46-72-86(74)92(98(94)112-99)96-76(88(72)80-57(7)33-52(2)34-58(80)8)50-78(110-96)84(64-41-67(105(19,20)21)44-68(42-64)106(22,23)24)100-101(113)93(97(91)111-100)89(73)81-59(9)35-53(3)36-60(81)10/h31-50H,1-30H3,(H2-2,109,110,111,112,113,114)/p+2. The maximum Gasteiger partial charge on any atom is 0.224 e. The van der Waals surface area contributed by atoms with Gasteiger partial charge in [-0.25, -0.2) is 0 Å². The Morgan fingerprint density at radius 3 is 0.702 bits per heavy atom. The van der Waals surface area contributed by atoms with Gasteiger partial charge < -0.3 is 19.9 Å². The zero-order chi connectivity index (χ0) is 82.0. The first-order valence-electron chi connectivity index (χ1n) is 41.5. The molecule has 0 radical (unpaired) electrons. The van der Waals surface area contributed by atoms with Crippen LogP contribution in [0.5, 0.6) is 0 Å². The van der Waals surface area contributed by atoms with Crippen LogP contribution in [0.25, 0.3) is 176 Å². The van der Waals surface area contributed by atoms with Gasteiger partial charge in [0.15, 0.2) is 0 Å². The van der Waals surface area contributed by atoms with E-state index < -0.39 is 0 Å². The van der Waals surface area contributed by atoms with Crippen LogP contribution < -0.4 is 10.9 Å². The summed E-state index contributed by atoms with van der Waals surface area (Å²) in [5, 5.41) is 11.5. The van der Waals surface area contributed by atoms with Gasteiger partial charge in [-0.05, 0) is 230 Å². The van der Waals surface area contributed by atoms with Crippen LogP contribution in [0.2, 0.25) is 0 Å². The largest absolute Gasteiger partial charge is 0.330 e. The van der Waals surface area contributed by atoms with Crippen molar-refractivity contribution in [1.82, 2.24) is 19.9 Å². The average molecular weight is 1500 g/mol. The summed E-state index contributed by atoms with van der Waals surface area (Å²) in [6.07, 6.45) is 0. The van der Waals surface area contributed by atoms with Crippen molar-refractivity contribution in [3.05, 3.63) is 242 Å². The fourth-order valence-corrected chi connectivity index (χ4v) is 20.4. The number of rotatable bonds is 6. The van der Waals surface area contributed by atoms with Crippen molar-refractivity contribution in [3.8, 4) is 66.8 Å². The van der Waals surface area contributed by atoms with Crippen molar-refractivity contribution < 1.29 is 0 Å². The van der Waals surface area contributed by atoms with E-state index in [1.54, 1.807) is 0 Å². The van der Waals surface area contributed by atoms with E-state index in [1.807, 2.05) is 0 Å². The van der Waals surface area contributed by atoms with E-state index >= 15 is 9.59 Å². The third kappa shape index (κ3) is 11.6. The molecule has 17 aromatic rings. The Balaban J connectivity index is 1.30. The summed E-state index contributed by atoms with van der Waals surface area (Å²) < 4.78 is 0. The fraction of sp³-hybridized carbons (Fsp3) is 0.333. The number of benzene rings is 12. The van der Waals surface area contributed by atoms with Crippen LogP contribution >= 0.6 is 0 Å². The Bertz CT molecular complexity index is 6650. The molecule has 6 nitrogen and oxygen atoms in total. The summed E-state index contributed by atoms with van der Waals surface area (Å²) >= 11 is 0. The van der Waals surface area contributed by atoms with Crippen molar-refractivity contribution in [2.24, 2.45) is 0 Å². The normalized spacial score (nSPS) is 13.2. The number of aromatic amines is 4. The Labute approximate surface area is 673 Å². The molecule has 12 aromatic carbocycles. The molecule has 0 aliphatic carbocycles. The molecule has 0 saturated carbocycles. The number of aryl methyl sites for hydroxylation is 12. The Morgan fingerprint density at radius 2 is 0.456 bits per heavy atom. The maximum absolute atomic E-state index is 18.3. The van der Waals surface area contributed by atoms with Crippen molar-refractivity contribution in [2.75, 3.05) is 0 Å². The quantitative estimate of drug-likeness (QED) is 0.125. The van der Waals surface area contributed by atoms with Crippen LogP contribution in [-0.4, -0.2) is 19.9 Å². The summed E-state index contributed by atoms with van der Waals surface area (Å²) in [6.45, 7) is 68.5. The van der Waals surface area contributed by atoms with Crippen molar-refractivity contribution in [3.63, 3.8) is 0 Å². The lowest BCUT2D eigenvalue weighted by Crippen LogP contribution is -2.16. The third-order valence-corrected chi connectivity index (χ3v) is 25.8. The van der Waals surface area contributed by atoms with Crippen molar-refractivity contribution in [1.29, 1.82) is 0 Å². The fourth-order valence-electron chi connectivity index (χ4n) is 20.4. The first kappa shape index (κ1) is 76.1. The topological polar surface area (TPSA) is 97.3 Å². The molecule has 8 bridgehead atoms. The van der Waals surface area contributed by atoms with E-state index in [4.69, 9.17) is 0 Å². The van der Waals surface area contributed by atoms with Gasteiger partial charge in [-0.1, -0.05) is 232 Å². The van der Waals surface area contributed by atoms with E-state index in [0.717, 1.165) is 187 Å². The van der Waals surface area contributed by atoms with Gasteiger partial charge in [-0.3, -0.25) is 9.59 Å². The zero-order valence-corrected chi connectivity index (χ0v) is 73.4. The van der Waals surface area contributed by atoms with Gasteiger partial charge >= 0.3 is 0 Å². The molecule has 17 rings (SSSR count). The highest BCUT2D eigenvalue weighted by Gasteiger charge is 2.39. The molecule has 0 aliphatic rings. The van der Waals surface area contributed by atoms with Gasteiger partial charge in [-0.15, -0.1) is 0 Å². The second-order valence-corrected chi connectivity index (χ2v) is 41.2. The van der Waals surface area contributed by atoms with Gasteiger partial charge in [0.25, 0.3) is 0 Å². The summed E-state index contributed by atoms with van der Waals surface area (Å²) in [6, 6.07) is 47.5. The number of H-pyrrole nitrogens is 4. The first-order chi connectivity index (χ1) is 53.1. The number of fused-ring (bicyclic) bond motifs is 4. The maximum atomic E-state index is 18.3. The van der Waals surface area contributed by atoms with E-state index in [0.29, 0.717) is 21.8 Å². The molecule has 114 heavy (non-hydrogen) atoms. The van der Waals surface area contributed by atoms with Gasteiger partial charge in [0.2, 0.25) is 10.9 Å². The minimum Gasteiger partial charge on any atom is -0.330 e. The van der Waals surface area contributed by atoms with Gasteiger partial charge in [0, 0.05) is 55.6 Å². The number of aromatic nitrogens is 4. The second-order valence-electron chi connectivity index (χ2n) is 41.2. The van der Waals surface area contributed by atoms with Crippen LogP contribution in [0.15, 0.2) is 131 Å². The highest BCUT2D eigenvalue weighted by atomic mass is 16.1. The van der Waals surface area contributed by atoms with Crippen LogP contribution in [0.4, 0.5) is 0 Å². The van der Waals surface area contributed by atoms with Gasteiger partial charge in [-0.2, -0.15) is 0 Å². The molecule has 0 spiro atoms. The zero-order valence-electron chi connectivity index (χ0n) is 73.4. The molecular weight excluding hydrogens is 1390 g/mol. The molecular formula is C108H114N4O2+2. The van der Waals surface area contributed by atoms with Gasteiger partial charge in [0.05, 0.1) is 65.3 Å². The monoisotopic (exact) mass is 1500 g/mol. The molecule has 0 atom stereocenters. The summed E-state index contributed by atoms with van der Waals surface area (Å²) in [4.78, 5) is 54.0. The van der Waals surface area contributed by atoms with E-state index in [2.05, 4.69) is 349 Å². The van der Waals surface area contributed by atoms with Crippen LogP contribution in [0.3, 0.4) is 0 Å². The SMILES string of the molecule is Cc1cc(C)c(-c2c3cc4[nH]c3c3c5[nH]c(c(-c6cc(C(C)(C)C)cc(C(C)(C)C)c6)c6cc7c(-c8c(C)cc(C)cc8C)c8cc(C(C)(C)C)cc9c(-c%10c(C)cc(C)cc%10C)c%10c(=O)c([nH]c%10c(c7[nH]6)[c+]89)c4-c4cc(C(C)(C)C)cc(C(C)(C)C)c4)c(=O)c5c(-c4c(C)cc(C)cc4C)c4cc(C(C)(C)C)cc2[c+]43)c(C)c1. The molecule has 576 valence electrons. The average Bonchev–Trinajstić information content (AvgIpc) is 1.42. The summed E-state index contributed by atoms with van der Waals surface area (Å²) in [5.41, 5.74) is 36.6. The second kappa shape index (κ2) is 25.0. The summed E-state index contributed by atoms with van der Waals surface area (Å²) in [5.74, 6) is 0. The first-order valence-corrected chi connectivity index (χ1v) is 41.5. The lowest BCUT2D eigenvalue weighted by atomic mass is 9.78. The molecule has 0 unspecified atom stereocenters. The Hall–Kier alpha value is -10.6. The smallest absolute Gasteiger partial charge is 0.224 e. The molecule has 0 aliphatic heterocycles. The predicted octanol–water partition coefficient (Wildman–Crippen LogP) is 29.6. The van der Waals surface area contributed by atoms with Crippen LogP contribution in [-0.2, 0) is 32.5 Å². The Morgan fingerprint density at radius 1 is 0.228 bits per heavy atom. The lowest BCUT2D eigenvalue weighted by molar-refractivity contribution is 0.568. The molecule has 0 amide bonds. The summed E-state index contributed by atoms with van der Waals surface area (Å²) in [7, 11) is 0. The lowest BCUT2D eigenvalue weighted by Gasteiger charge is -2.26. The molecule has 5 aromatic heterocycles. The molecule has 5 heterocycles. The van der Waals surface area contributed by atoms with Crippen molar-refractivity contribution in [2.45, 2.75) is 240 Å². The van der Waals surface area contributed by atoms with E-state index in [-0.39, 0.29) is 43.3 Å². The number of hydrogen-bond acceptors (Lipinski definition) is 2. The minimum atomic E-state index is -0.351. The molecule has 6 heteroatoms. The van der Waals surface area contributed by atoms with Crippen molar-refractivity contribution >= 4 is 109 Å². The minimum absolute atomic E-state index is 0.0741. The molecule has 0 fully saturated rings. The van der Waals surface area contributed by atoms with E-state index in [1.165, 1.54) is 66.8 Å². The third-order valence-electron chi connectivity index (χ3n) is 25.8. The number of hydrogen-bond donors (Lipinski definition) is 4. The highest BCUT2D eigenvalue weighted by Crippen LogP contribution is 2.57. The number of nitrogens with one attached hydrogen (secondary N) is 4. The highest BCUT2D eigenvalue weighted by molar-refractivity contribution is 6.40.